The first kappa shape index (κ1) is 19.5. The predicted octanol–water partition coefficient (Wildman–Crippen LogP) is 2.63. The van der Waals surface area contributed by atoms with E-state index in [-0.39, 0.29) is 22.7 Å². The Balaban J connectivity index is 2.04. The molecule has 1 N–H and O–H groups in total. The van der Waals surface area contributed by atoms with Gasteiger partial charge in [-0.3, -0.25) is 4.79 Å². The Morgan fingerprint density at radius 1 is 1.22 bits per heavy atom. The van der Waals surface area contributed by atoms with Crippen LogP contribution in [0.4, 0.5) is 4.39 Å². The second-order valence-electron chi connectivity index (χ2n) is 6.96. The highest BCUT2D eigenvalue weighted by Gasteiger charge is 2.30. The molecule has 1 aliphatic heterocycles. The molecular weight excluding hydrogens is 367 g/mol. The zero-order chi connectivity index (χ0) is 19.8. The van der Waals surface area contributed by atoms with Gasteiger partial charge in [-0.1, -0.05) is 12.1 Å². The van der Waals surface area contributed by atoms with Gasteiger partial charge in [-0.15, -0.1) is 0 Å². The lowest BCUT2D eigenvalue weighted by Gasteiger charge is -2.37. The van der Waals surface area contributed by atoms with E-state index < -0.39 is 9.84 Å². The Morgan fingerprint density at radius 2 is 1.96 bits per heavy atom. The number of rotatable bonds is 3. The third kappa shape index (κ3) is 4.04. The predicted molar refractivity (Wildman–Crippen MR) is 102 cm³/mol. The van der Waals surface area contributed by atoms with E-state index in [9.17, 15) is 17.6 Å². The maximum Gasteiger partial charge on any atom is 0.254 e. The summed E-state index contributed by atoms with van der Waals surface area (Å²) in [6.07, 6.45) is 1.13. The fourth-order valence-corrected chi connectivity index (χ4v) is 4.10. The molecule has 5 nitrogen and oxygen atoms in total. The summed E-state index contributed by atoms with van der Waals surface area (Å²) in [5, 5.41) is 3.24. The highest BCUT2D eigenvalue weighted by atomic mass is 32.2. The molecule has 7 heteroatoms. The smallest absolute Gasteiger partial charge is 0.254 e. The van der Waals surface area contributed by atoms with Gasteiger partial charge >= 0.3 is 0 Å². The first-order valence-corrected chi connectivity index (χ1v) is 10.7. The molecule has 0 aromatic heterocycles. The number of piperazine rings is 1. The van der Waals surface area contributed by atoms with Crippen molar-refractivity contribution < 1.29 is 17.6 Å². The Kier molecular flexibility index (Phi) is 5.35. The van der Waals surface area contributed by atoms with Gasteiger partial charge in [0.1, 0.15) is 5.82 Å². The van der Waals surface area contributed by atoms with Gasteiger partial charge in [0, 0.05) is 31.5 Å². The number of carbonyl (C=O) groups excluding carboxylic acids is 1. The molecule has 0 aliphatic carbocycles. The number of nitrogens with zero attached hydrogens (tertiary/aromatic N) is 1. The van der Waals surface area contributed by atoms with Gasteiger partial charge in [0.2, 0.25) is 0 Å². The minimum absolute atomic E-state index is 0.131. The normalized spacial score (nSPS) is 17.8. The van der Waals surface area contributed by atoms with Crippen LogP contribution in [0.2, 0.25) is 0 Å². The number of aryl methyl sites for hydroxylation is 1. The Labute approximate surface area is 159 Å². The van der Waals surface area contributed by atoms with E-state index in [0.29, 0.717) is 30.8 Å². The number of halogens is 1. The Hall–Kier alpha value is -2.25. The van der Waals surface area contributed by atoms with Crippen LogP contribution in [0.1, 0.15) is 33.1 Å². The lowest BCUT2D eigenvalue weighted by atomic mass is 9.98. The number of nitrogens with one attached hydrogen (secondary N) is 1. The Morgan fingerprint density at radius 3 is 2.63 bits per heavy atom. The molecule has 1 heterocycles. The van der Waals surface area contributed by atoms with Gasteiger partial charge in [-0.2, -0.15) is 0 Å². The summed E-state index contributed by atoms with van der Waals surface area (Å²) in [5.41, 5.74) is 2.59. The molecular formula is C20H23FN2O3S. The molecule has 27 heavy (non-hydrogen) atoms. The van der Waals surface area contributed by atoms with E-state index in [1.807, 2.05) is 6.92 Å². The van der Waals surface area contributed by atoms with Crippen molar-refractivity contribution >= 4 is 15.7 Å². The average molecular weight is 390 g/mol. The summed E-state index contributed by atoms with van der Waals surface area (Å²) in [7, 11) is -3.43. The van der Waals surface area contributed by atoms with Crippen LogP contribution in [0.15, 0.2) is 41.3 Å². The molecule has 3 rings (SSSR count). The molecule has 0 saturated carbocycles. The van der Waals surface area contributed by atoms with Crippen LogP contribution >= 0.6 is 0 Å². The average Bonchev–Trinajstić information content (AvgIpc) is 2.62. The van der Waals surface area contributed by atoms with E-state index >= 15 is 0 Å². The number of sulfone groups is 1. The molecule has 2 aromatic carbocycles. The fourth-order valence-electron chi connectivity index (χ4n) is 3.38. The van der Waals surface area contributed by atoms with Crippen LogP contribution in [-0.4, -0.2) is 45.1 Å². The third-order valence-electron chi connectivity index (χ3n) is 5.04. The summed E-state index contributed by atoms with van der Waals surface area (Å²) in [4.78, 5) is 15.2. The van der Waals surface area contributed by atoms with Gasteiger partial charge in [0.15, 0.2) is 9.84 Å². The molecule has 144 valence electrons. The third-order valence-corrected chi connectivity index (χ3v) is 6.13. The van der Waals surface area contributed by atoms with Crippen LogP contribution in [0, 0.1) is 19.7 Å². The number of hydrogen-bond donors (Lipinski definition) is 1. The first-order chi connectivity index (χ1) is 12.7. The molecule has 1 amide bonds. The maximum absolute atomic E-state index is 13.7. The van der Waals surface area contributed by atoms with Crippen molar-refractivity contribution in [2.24, 2.45) is 0 Å². The van der Waals surface area contributed by atoms with Crippen LogP contribution in [-0.2, 0) is 9.84 Å². The van der Waals surface area contributed by atoms with Gasteiger partial charge in [-0.05, 0) is 54.8 Å². The van der Waals surface area contributed by atoms with E-state index in [4.69, 9.17) is 0 Å². The van der Waals surface area contributed by atoms with Gasteiger partial charge < -0.3 is 10.2 Å². The van der Waals surface area contributed by atoms with Crippen LogP contribution in [0.25, 0.3) is 0 Å². The molecule has 0 spiro atoms. The lowest BCUT2D eigenvalue weighted by Crippen LogP contribution is -2.48. The maximum atomic E-state index is 13.7. The van der Waals surface area contributed by atoms with E-state index in [1.54, 1.807) is 30.0 Å². The summed E-state index contributed by atoms with van der Waals surface area (Å²) < 4.78 is 37.7. The van der Waals surface area contributed by atoms with Gasteiger partial charge in [-0.25, -0.2) is 12.8 Å². The summed E-state index contributed by atoms with van der Waals surface area (Å²) >= 11 is 0. The van der Waals surface area contributed by atoms with Crippen molar-refractivity contribution in [1.82, 2.24) is 10.2 Å². The van der Waals surface area contributed by atoms with Crippen LogP contribution in [0.5, 0.6) is 0 Å². The standard InChI is InChI=1S/C20H23FN2O3S/c1-13-9-17(27(3,25)26)11-18(14(13)2)20(24)23-8-7-22-12-19(23)15-5-4-6-16(21)10-15/h4-6,9-11,19,22H,7-8,12H2,1-3H3. The minimum Gasteiger partial charge on any atom is -0.329 e. The molecule has 0 radical (unpaired) electrons. The van der Waals surface area contributed by atoms with Crippen molar-refractivity contribution in [2.75, 3.05) is 25.9 Å². The van der Waals surface area contributed by atoms with Crippen molar-refractivity contribution in [3.63, 3.8) is 0 Å². The van der Waals surface area contributed by atoms with Gasteiger partial charge in [0.25, 0.3) is 5.91 Å². The highest BCUT2D eigenvalue weighted by molar-refractivity contribution is 7.90. The lowest BCUT2D eigenvalue weighted by molar-refractivity contribution is 0.0633. The second kappa shape index (κ2) is 7.40. The summed E-state index contributed by atoms with van der Waals surface area (Å²) in [6.45, 7) is 5.21. The first-order valence-electron chi connectivity index (χ1n) is 8.77. The number of amides is 1. The topological polar surface area (TPSA) is 66.5 Å². The van der Waals surface area contributed by atoms with E-state index in [2.05, 4.69) is 5.32 Å². The number of benzene rings is 2. The second-order valence-corrected chi connectivity index (χ2v) is 8.97. The van der Waals surface area contributed by atoms with Crippen LogP contribution in [0.3, 0.4) is 0 Å². The van der Waals surface area contributed by atoms with E-state index in [0.717, 1.165) is 17.4 Å². The number of hydrogen-bond acceptors (Lipinski definition) is 4. The fraction of sp³-hybridized carbons (Fsp3) is 0.350. The summed E-state index contributed by atoms with van der Waals surface area (Å²) in [6, 6.07) is 8.95. The van der Waals surface area contributed by atoms with Crippen molar-refractivity contribution in [3.8, 4) is 0 Å². The highest BCUT2D eigenvalue weighted by Crippen LogP contribution is 2.28. The molecule has 1 aliphatic rings. The monoisotopic (exact) mass is 390 g/mol. The van der Waals surface area contributed by atoms with E-state index in [1.165, 1.54) is 18.2 Å². The number of carbonyl (C=O) groups is 1. The van der Waals surface area contributed by atoms with Crippen LogP contribution < -0.4 is 5.32 Å². The SMILES string of the molecule is Cc1cc(S(C)(=O)=O)cc(C(=O)N2CCNCC2c2cccc(F)c2)c1C. The largest absolute Gasteiger partial charge is 0.329 e. The molecule has 1 unspecified atom stereocenters. The molecule has 2 aromatic rings. The minimum atomic E-state index is -3.43. The zero-order valence-corrected chi connectivity index (χ0v) is 16.4. The van der Waals surface area contributed by atoms with Crippen molar-refractivity contribution in [1.29, 1.82) is 0 Å². The Bertz CT molecular complexity index is 989. The summed E-state index contributed by atoms with van der Waals surface area (Å²) in [5.74, 6) is -0.589. The molecule has 1 atom stereocenters. The molecule has 1 saturated heterocycles. The van der Waals surface area contributed by atoms with Gasteiger partial charge in [0.05, 0.1) is 10.9 Å². The van der Waals surface area contributed by atoms with Crippen molar-refractivity contribution in [2.45, 2.75) is 24.8 Å². The quantitative estimate of drug-likeness (QED) is 0.875. The van der Waals surface area contributed by atoms with Crippen molar-refractivity contribution in [3.05, 3.63) is 64.5 Å². The zero-order valence-electron chi connectivity index (χ0n) is 15.6. The molecule has 1 fully saturated rings. The molecule has 0 bridgehead atoms.